The molecule has 0 aromatic carbocycles. The first kappa shape index (κ1) is 11.6. The molecule has 7 heteroatoms. The molecular weight excluding hydrogens is 195 g/mol. The number of hydrogen-bond acceptors (Lipinski definition) is 2. The average molecular weight is 198 g/mol. The number of alkyl halides is 5. The SMILES string of the molecule is N#CC(C#N)CC(F)(F)C(F)(F)F. The summed E-state index contributed by atoms with van der Waals surface area (Å²) in [5, 5.41) is 16.0. The zero-order valence-corrected chi connectivity index (χ0v) is 6.07. The van der Waals surface area contributed by atoms with Crippen molar-refractivity contribution in [2.24, 2.45) is 5.92 Å². The molecule has 13 heavy (non-hydrogen) atoms. The van der Waals surface area contributed by atoms with Gasteiger partial charge in [-0.05, 0) is 0 Å². The predicted molar refractivity (Wildman–Crippen MR) is 30.3 cm³/mol. The molecule has 0 spiro atoms. The van der Waals surface area contributed by atoms with Crippen LogP contribution < -0.4 is 0 Å². The van der Waals surface area contributed by atoms with Crippen LogP contribution in [0.3, 0.4) is 0 Å². The third-order valence-corrected chi connectivity index (χ3v) is 1.19. The van der Waals surface area contributed by atoms with Crippen LogP contribution in [0.15, 0.2) is 0 Å². The molecule has 72 valence electrons. The third-order valence-electron chi connectivity index (χ3n) is 1.19. The second-order valence-corrected chi connectivity index (χ2v) is 2.22. The van der Waals surface area contributed by atoms with Crippen molar-refractivity contribution in [3.63, 3.8) is 0 Å². The van der Waals surface area contributed by atoms with Crippen LogP contribution in [0.2, 0.25) is 0 Å². The van der Waals surface area contributed by atoms with Gasteiger partial charge in [-0.1, -0.05) is 0 Å². The van der Waals surface area contributed by atoms with Crippen molar-refractivity contribution < 1.29 is 22.0 Å². The molecule has 0 aliphatic carbocycles. The van der Waals surface area contributed by atoms with Crippen LogP contribution in [0.25, 0.3) is 0 Å². The highest BCUT2D eigenvalue weighted by molar-refractivity contribution is 5.02. The third kappa shape index (κ3) is 2.86. The standard InChI is InChI=1S/C6H3F5N2/c7-5(8,6(9,10)11)1-4(2-12)3-13/h4H,1H2. The summed E-state index contributed by atoms with van der Waals surface area (Å²) in [7, 11) is 0. The van der Waals surface area contributed by atoms with Gasteiger partial charge in [0, 0.05) is 6.42 Å². The summed E-state index contributed by atoms with van der Waals surface area (Å²) in [6.07, 6.45) is -7.53. The summed E-state index contributed by atoms with van der Waals surface area (Å²) < 4.78 is 58.7. The Balaban J connectivity index is 4.55. The Labute approximate surface area is 70.2 Å². The summed E-state index contributed by atoms with van der Waals surface area (Å²) >= 11 is 0. The molecule has 0 amide bonds. The van der Waals surface area contributed by atoms with E-state index in [0.29, 0.717) is 0 Å². The minimum atomic E-state index is -5.71. The van der Waals surface area contributed by atoms with Crippen molar-refractivity contribution in [3.05, 3.63) is 0 Å². The molecule has 0 aromatic rings. The molecule has 0 atom stereocenters. The van der Waals surface area contributed by atoms with Gasteiger partial charge in [0.25, 0.3) is 0 Å². The summed E-state index contributed by atoms with van der Waals surface area (Å²) in [6.45, 7) is 0. The van der Waals surface area contributed by atoms with Gasteiger partial charge >= 0.3 is 12.1 Å². The molecule has 0 N–H and O–H groups in total. The molecule has 0 heterocycles. The van der Waals surface area contributed by atoms with Crippen LogP contribution in [0.4, 0.5) is 22.0 Å². The Kier molecular flexibility index (Phi) is 3.19. The first-order valence-corrected chi connectivity index (χ1v) is 2.98. The molecular formula is C6H3F5N2. The van der Waals surface area contributed by atoms with E-state index < -0.39 is 24.4 Å². The lowest BCUT2D eigenvalue weighted by Crippen LogP contribution is -2.37. The van der Waals surface area contributed by atoms with Crippen LogP contribution in [0.5, 0.6) is 0 Å². The van der Waals surface area contributed by atoms with E-state index in [-0.39, 0.29) is 0 Å². The average Bonchev–Trinajstić information content (AvgIpc) is 1.98. The molecule has 0 saturated heterocycles. The fraction of sp³-hybridized carbons (Fsp3) is 0.667. The van der Waals surface area contributed by atoms with Gasteiger partial charge in [-0.15, -0.1) is 0 Å². The molecule has 0 radical (unpaired) electrons. The van der Waals surface area contributed by atoms with Crippen molar-refractivity contribution in [1.82, 2.24) is 0 Å². The van der Waals surface area contributed by atoms with Crippen molar-refractivity contribution >= 4 is 0 Å². The van der Waals surface area contributed by atoms with Gasteiger partial charge in [-0.25, -0.2) is 0 Å². The van der Waals surface area contributed by atoms with Gasteiger partial charge in [-0.2, -0.15) is 32.5 Å². The van der Waals surface area contributed by atoms with Gasteiger partial charge in [0.2, 0.25) is 0 Å². The van der Waals surface area contributed by atoms with Gasteiger partial charge in [0.05, 0.1) is 12.1 Å². The number of nitrogens with zero attached hydrogens (tertiary/aromatic N) is 2. The van der Waals surface area contributed by atoms with Gasteiger partial charge in [0.15, 0.2) is 0 Å². The van der Waals surface area contributed by atoms with Crippen LogP contribution in [-0.4, -0.2) is 12.1 Å². The highest BCUT2D eigenvalue weighted by Gasteiger charge is 2.58. The minimum Gasteiger partial charge on any atom is -0.197 e. The van der Waals surface area contributed by atoms with E-state index in [4.69, 9.17) is 10.5 Å². The van der Waals surface area contributed by atoms with Crippen molar-refractivity contribution in [3.8, 4) is 12.1 Å². The van der Waals surface area contributed by atoms with E-state index in [9.17, 15) is 22.0 Å². The van der Waals surface area contributed by atoms with Crippen LogP contribution >= 0.6 is 0 Å². The van der Waals surface area contributed by atoms with Gasteiger partial charge < -0.3 is 0 Å². The Morgan fingerprint density at radius 1 is 1.00 bits per heavy atom. The first-order chi connectivity index (χ1) is 5.74. The Morgan fingerprint density at radius 3 is 1.62 bits per heavy atom. The van der Waals surface area contributed by atoms with E-state index in [0.717, 1.165) is 12.1 Å². The highest BCUT2D eigenvalue weighted by Crippen LogP contribution is 2.39. The van der Waals surface area contributed by atoms with Crippen molar-refractivity contribution in [1.29, 1.82) is 10.5 Å². The summed E-state index contributed by atoms with van der Waals surface area (Å²) in [5.74, 6) is -6.93. The molecule has 0 aliphatic rings. The first-order valence-electron chi connectivity index (χ1n) is 2.98. The number of nitriles is 2. The number of rotatable bonds is 2. The molecule has 0 fully saturated rings. The fourth-order valence-electron chi connectivity index (χ4n) is 0.492. The van der Waals surface area contributed by atoms with Gasteiger partial charge in [-0.3, -0.25) is 0 Å². The lowest BCUT2D eigenvalue weighted by atomic mass is 10.0. The van der Waals surface area contributed by atoms with E-state index in [2.05, 4.69) is 0 Å². The Morgan fingerprint density at radius 2 is 1.38 bits per heavy atom. The zero-order chi connectivity index (χ0) is 10.7. The second-order valence-electron chi connectivity index (χ2n) is 2.22. The topological polar surface area (TPSA) is 47.6 Å². The molecule has 0 rings (SSSR count). The molecule has 0 bridgehead atoms. The lowest BCUT2D eigenvalue weighted by molar-refractivity contribution is -0.285. The summed E-state index contributed by atoms with van der Waals surface area (Å²) in [4.78, 5) is 0. The maximum absolute atomic E-state index is 12.1. The quantitative estimate of drug-likeness (QED) is 0.638. The number of halogens is 5. The van der Waals surface area contributed by atoms with Gasteiger partial charge in [0.1, 0.15) is 5.92 Å². The largest absolute Gasteiger partial charge is 0.453 e. The monoisotopic (exact) mass is 198 g/mol. The van der Waals surface area contributed by atoms with Crippen LogP contribution in [-0.2, 0) is 0 Å². The Bertz CT molecular complexity index is 242. The Hall–Kier alpha value is -1.37. The zero-order valence-electron chi connectivity index (χ0n) is 6.07. The smallest absolute Gasteiger partial charge is 0.197 e. The molecule has 0 unspecified atom stereocenters. The van der Waals surface area contributed by atoms with E-state index >= 15 is 0 Å². The lowest BCUT2D eigenvalue weighted by Gasteiger charge is -2.19. The van der Waals surface area contributed by atoms with E-state index in [1.54, 1.807) is 0 Å². The molecule has 0 saturated carbocycles. The van der Waals surface area contributed by atoms with Crippen molar-refractivity contribution in [2.45, 2.75) is 18.5 Å². The molecule has 0 aliphatic heterocycles. The predicted octanol–water partition coefficient (Wildman–Crippen LogP) is 2.24. The summed E-state index contributed by atoms with van der Waals surface area (Å²) in [5.41, 5.74) is 0. The summed E-state index contributed by atoms with van der Waals surface area (Å²) in [6, 6.07) is 2.08. The minimum absolute atomic E-state index is 1.04. The van der Waals surface area contributed by atoms with Crippen molar-refractivity contribution in [2.75, 3.05) is 0 Å². The van der Waals surface area contributed by atoms with Crippen LogP contribution in [0.1, 0.15) is 6.42 Å². The normalized spacial score (nSPS) is 12.3. The maximum atomic E-state index is 12.1. The van der Waals surface area contributed by atoms with E-state index in [1.165, 1.54) is 0 Å². The number of hydrogen-bond donors (Lipinski definition) is 0. The maximum Gasteiger partial charge on any atom is 0.453 e. The fourth-order valence-corrected chi connectivity index (χ4v) is 0.492. The highest BCUT2D eigenvalue weighted by atomic mass is 19.4. The van der Waals surface area contributed by atoms with E-state index in [1.807, 2.05) is 0 Å². The van der Waals surface area contributed by atoms with Crippen LogP contribution in [0, 0.1) is 28.6 Å². The molecule has 0 aromatic heterocycles. The molecule has 2 nitrogen and oxygen atoms in total. The second kappa shape index (κ2) is 3.56.